The van der Waals surface area contributed by atoms with Gasteiger partial charge in [-0.25, -0.2) is 13.4 Å². The van der Waals surface area contributed by atoms with Crippen molar-refractivity contribution in [3.05, 3.63) is 38.3 Å². The summed E-state index contributed by atoms with van der Waals surface area (Å²) in [4.78, 5) is 4.85. The largest absolute Gasteiger partial charge is 0.392 e. The summed E-state index contributed by atoms with van der Waals surface area (Å²) >= 11 is 13.1. The first-order chi connectivity index (χ1) is 9.74. The van der Waals surface area contributed by atoms with Crippen molar-refractivity contribution < 1.29 is 13.5 Å². The maximum atomic E-state index is 12.4. The van der Waals surface area contributed by atoms with Crippen LogP contribution in [0.1, 0.15) is 16.1 Å². The van der Waals surface area contributed by atoms with Crippen LogP contribution in [0.15, 0.2) is 17.0 Å². The molecule has 5 nitrogen and oxygen atoms in total. The highest BCUT2D eigenvalue weighted by Crippen LogP contribution is 2.32. The van der Waals surface area contributed by atoms with Crippen LogP contribution in [-0.4, -0.2) is 18.5 Å². The number of aromatic nitrogens is 1. The summed E-state index contributed by atoms with van der Waals surface area (Å²) < 4.78 is 27.2. The number of sulfonamides is 1. The van der Waals surface area contributed by atoms with Crippen LogP contribution in [0.5, 0.6) is 0 Å². The van der Waals surface area contributed by atoms with E-state index >= 15 is 0 Å². The number of nitrogens with zero attached hydrogens (tertiary/aromatic N) is 1. The van der Waals surface area contributed by atoms with Gasteiger partial charge in [-0.1, -0.05) is 23.2 Å². The summed E-state index contributed by atoms with van der Waals surface area (Å²) in [6.07, 6.45) is 0. The summed E-state index contributed by atoms with van der Waals surface area (Å²) in [6.45, 7) is 3.23. The maximum Gasteiger partial charge on any atom is 0.265 e. The molecule has 1 heterocycles. The second-order valence-corrected chi connectivity index (χ2v) is 7.97. The fourth-order valence-corrected chi connectivity index (χ4v) is 4.59. The third-order valence-corrected chi connectivity index (χ3v) is 6.05. The average molecular weight is 367 g/mol. The third kappa shape index (κ3) is 3.49. The lowest BCUT2D eigenvalue weighted by Gasteiger charge is -2.10. The van der Waals surface area contributed by atoms with Crippen LogP contribution in [0.4, 0.5) is 5.13 Å². The van der Waals surface area contributed by atoms with Gasteiger partial charge in [0.2, 0.25) is 0 Å². The number of aliphatic hydroxyl groups excluding tert-OH is 1. The smallest absolute Gasteiger partial charge is 0.265 e. The van der Waals surface area contributed by atoms with Gasteiger partial charge >= 0.3 is 0 Å². The second kappa shape index (κ2) is 6.10. The minimum Gasteiger partial charge on any atom is -0.392 e. The van der Waals surface area contributed by atoms with Crippen LogP contribution in [0.3, 0.4) is 0 Å². The molecule has 2 N–H and O–H groups in total. The van der Waals surface area contributed by atoms with Gasteiger partial charge < -0.3 is 5.11 Å². The number of aliphatic hydroxyl groups is 1. The standard InChI is InChI=1S/C12H12Cl2N2O3S2/c1-6-7(2)20-12(15-6)16-21(18,19)10-4-9(13)3-8(5-17)11(10)14/h3-4,17H,5H2,1-2H3,(H,15,16). The monoisotopic (exact) mass is 366 g/mol. The molecule has 0 saturated heterocycles. The van der Waals surface area contributed by atoms with E-state index in [2.05, 4.69) is 9.71 Å². The first-order valence-electron chi connectivity index (χ1n) is 5.80. The molecule has 0 bridgehead atoms. The number of halogens is 2. The van der Waals surface area contributed by atoms with E-state index in [1.165, 1.54) is 23.5 Å². The average Bonchev–Trinajstić information content (AvgIpc) is 2.69. The zero-order chi connectivity index (χ0) is 15.8. The van der Waals surface area contributed by atoms with E-state index in [0.29, 0.717) is 0 Å². The van der Waals surface area contributed by atoms with Crippen molar-refractivity contribution in [3.63, 3.8) is 0 Å². The minimum atomic E-state index is -3.93. The van der Waals surface area contributed by atoms with E-state index in [1.807, 2.05) is 6.92 Å². The normalized spacial score (nSPS) is 11.7. The molecule has 1 aromatic heterocycles. The Morgan fingerprint density at radius 3 is 2.52 bits per heavy atom. The van der Waals surface area contributed by atoms with Crippen molar-refractivity contribution in [3.8, 4) is 0 Å². The quantitative estimate of drug-likeness (QED) is 0.869. The molecular formula is C12H12Cl2N2O3S2. The van der Waals surface area contributed by atoms with E-state index in [0.717, 1.165) is 10.6 Å². The van der Waals surface area contributed by atoms with Crippen LogP contribution in [0, 0.1) is 13.8 Å². The van der Waals surface area contributed by atoms with E-state index in [-0.39, 0.29) is 25.6 Å². The van der Waals surface area contributed by atoms with Crippen molar-refractivity contribution in [2.24, 2.45) is 0 Å². The van der Waals surface area contributed by atoms with Gasteiger partial charge in [0.25, 0.3) is 10.0 Å². The highest BCUT2D eigenvalue weighted by atomic mass is 35.5. The molecule has 0 spiro atoms. The first-order valence-corrected chi connectivity index (χ1v) is 8.86. The third-order valence-electron chi connectivity index (χ3n) is 2.79. The van der Waals surface area contributed by atoms with Crippen molar-refractivity contribution in [1.82, 2.24) is 4.98 Å². The van der Waals surface area contributed by atoms with Gasteiger partial charge in [0, 0.05) is 9.90 Å². The predicted molar refractivity (Wildman–Crippen MR) is 84.8 cm³/mol. The first kappa shape index (κ1) is 16.5. The zero-order valence-electron chi connectivity index (χ0n) is 11.1. The number of benzene rings is 1. The van der Waals surface area contributed by atoms with Crippen LogP contribution < -0.4 is 4.72 Å². The Labute approximate surface area is 136 Å². The van der Waals surface area contributed by atoms with E-state index < -0.39 is 16.6 Å². The SMILES string of the molecule is Cc1nc(NS(=O)(=O)c2cc(Cl)cc(CO)c2Cl)sc1C. The van der Waals surface area contributed by atoms with E-state index in [9.17, 15) is 13.5 Å². The number of nitrogens with one attached hydrogen (secondary N) is 1. The Balaban J connectivity index is 2.47. The van der Waals surface area contributed by atoms with Gasteiger partial charge in [-0.3, -0.25) is 4.72 Å². The van der Waals surface area contributed by atoms with E-state index in [1.54, 1.807) is 6.92 Å². The molecule has 0 saturated carbocycles. The van der Waals surface area contributed by atoms with Crippen LogP contribution in [0.2, 0.25) is 10.0 Å². The van der Waals surface area contributed by atoms with Crippen molar-refractivity contribution in [2.75, 3.05) is 4.72 Å². The highest BCUT2D eigenvalue weighted by molar-refractivity contribution is 7.93. The molecule has 0 aliphatic heterocycles. The summed E-state index contributed by atoms with van der Waals surface area (Å²) in [6, 6.07) is 2.65. The second-order valence-electron chi connectivity index (χ2n) is 4.30. The fourth-order valence-electron chi connectivity index (χ4n) is 1.62. The Hall–Kier alpha value is -0.860. The van der Waals surface area contributed by atoms with Gasteiger partial charge in [-0.05, 0) is 31.5 Å². The minimum absolute atomic E-state index is 0.0561. The number of thiazole rings is 1. The molecule has 0 aliphatic rings. The molecule has 2 aromatic rings. The van der Waals surface area contributed by atoms with Crippen molar-refractivity contribution >= 4 is 49.7 Å². The molecule has 0 unspecified atom stereocenters. The predicted octanol–water partition coefficient (Wildman–Crippen LogP) is 3.36. The zero-order valence-corrected chi connectivity index (χ0v) is 14.3. The number of anilines is 1. The van der Waals surface area contributed by atoms with Crippen LogP contribution in [-0.2, 0) is 16.6 Å². The lowest BCUT2D eigenvalue weighted by atomic mass is 10.2. The van der Waals surface area contributed by atoms with Crippen molar-refractivity contribution in [1.29, 1.82) is 0 Å². The molecule has 0 fully saturated rings. The summed E-state index contributed by atoms with van der Waals surface area (Å²) in [7, 11) is -3.93. The molecule has 9 heteroatoms. The van der Waals surface area contributed by atoms with Crippen LogP contribution >= 0.6 is 34.5 Å². The Morgan fingerprint density at radius 2 is 2.00 bits per heavy atom. The fraction of sp³-hybridized carbons (Fsp3) is 0.250. The van der Waals surface area contributed by atoms with Gasteiger partial charge in [-0.15, -0.1) is 11.3 Å². The van der Waals surface area contributed by atoms with Crippen LogP contribution in [0.25, 0.3) is 0 Å². The maximum absolute atomic E-state index is 12.4. The molecule has 0 aliphatic carbocycles. The lowest BCUT2D eigenvalue weighted by Crippen LogP contribution is -2.14. The topological polar surface area (TPSA) is 79.3 Å². The molecule has 0 amide bonds. The molecule has 21 heavy (non-hydrogen) atoms. The number of aryl methyl sites for hydroxylation is 2. The Morgan fingerprint density at radius 1 is 1.33 bits per heavy atom. The van der Waals surface area contributed by atoms with Crippen molar-refractivity contribution in [2.45, 2.75) is 25.3 Å². The summed E-state index contributed by atoms with van der Waals surface area (Å²) in [5.74, 6) is 0. The Bertz CT molecular complexity index is 769. The summed E-state index contributed by atoms with van der Waals surface area (Å²) in [5, 5.41) is 9.57. The molecule has 0 radical (unpaired) electrons. The van der Waals surface area contributed by atoms with E-state index in [4.69, 9.17) is 23.2 Å². The highest BCUT2D eigenvalue weighted by Gasteiger charge is 2.22. The summed E-state index contributed by atoms with van der Waals surface area (Å²) in [5.41, 5.74) is 1.00. The lowest BCUT2D eigenvalue weighted by molar-refractivity contribution is 0.281. The van der Waals surface area contributed by atoms with Gasteiger partial charge in [-0.2, -0.15) is 0 Å². The number of rotatable bonds is 4. The molecule has 114 valence electrons. The Kier molecular flexibility index (Phi) is 4.79. The number of hydrogen-bond acceptors (Lipinski definition) is 5. The molecular weight excluding hydrogens is 355 g/mol. The molecule has 0 atom stereocenters. The van der Waals surface area contributed by atoms with Gasteiger partial charge in [0.05, 0.1) is 17.3 Å². The van der Waals surface area contributed by atoms with Gasteiger partial charge in [0.15, 0.2) is 5.13 Å². The molecule has 1 aromatic carbocycles. The number of hydrogen-bond donors (Lipinski definition) is 2. The van der Waals surface area contributed by atoms with Gasteiger partial charge in [0.1, 0.15) is 4.90 Å². The molecule has 2 rings (SSSR count).